The fraction of sp³-hybridized carbons (Fsp3) is 0.500. The van der Waals surface area contributed by atoms with Gasteiger partial charge in [0.2, 0.25) is 17.7 Å². The van der Waals surface area contributed by atoms with Gasteiger partial charge in [-0.1, -0.05) is 18.2 Å². The second-order valence-electron chi connectivity index (χ2n) is 6.94. The van der Waals surface area contributed by atoms with Crippen molar-refractivity contribution in [1.82, 2.24) is 20.0 Å². The van der Waals surface area contributed by atoms with Crippen molar-refractivity contribution >= 4 is 5.91 Å². The number of hydrogen-bond donors (Lipinski definition) is 0. The Kier molecular flexibility index (Phi) is 3.84. The summed E-state index contributed by atoms with van der Waals surface area (Å²) in [7, 11) is 1.91. The zero-order chi connectivity index (χ0) is 16.6. The maximum Gasteiger partial charge on any atom is 0.247 e. The molecule has 0 bridgehead atoms. The fourth-order valence-electron chi connectivity index (χ4n) is 3.95. The number of likely N-dealkylation sites (tertiary alicyclic amines) is 2. The molecule has 2 aliphatic rings. The Balaban J connectivity index is 1.44. The number of amides is 1. The molecular weight excluding hydrogens is 304 g/mol. The summed E-state index contributed by atoms with van der Waals surface area (Å²) in [6, 6.07) is 9.78. The quantitative estimate of drug-likeness (QED) is 0.865. The minimum atomic E-state index is -0.199. The Morgan fingerprint density at radius 1 is 1.17 bits per heavy atom. The molecule has 0 radical (unpaired) electrons. The lowest BCUT2D eigenvalue weighted by atomic mass is 9.78. The zero-order valence-corrected chi connectivity index (χ0v) is 13.9. The molecule has 4 rings (SSSR count). The maximum atomic E-state index is 12.6. The standard InChI is InChI=1S/C18H22N4O2/c1-21-10-5-8-18(17(21)23)9-11-22(13-18)12-15-19-20-16(24-15)14-6-3-2-4-7-14/h2-4,6-7H,5,8-13H2,1H3/t18-/m1/s1. The molecule has 126 valence electrons. The van der Waals surface area contributed by atoms with Crippen LogP contribution < -0.4 is 0 Å². The molecule has 0 saturated carbocycles. The van der Waals surface area contributed by atoms with E-state index < -0.39 is 0 Å². The Hall–Kier alpha value is -2.21. The molecule has 3 heterocycles. The number of aromatic nitrogens is 2. The highest BCUT2D eigenvalue weighted by Crippen LogP contribution is 2.40. The van der Waals surface area contributed by atoms with Crippen LogP contribution in [0.5, 0.6) is 0 Å². The molecular formula is C18H22N4O2. The Labute approximate surface area is 141 Å². The second-order valence-corrected chi connectivity index (χ2v) is 6.94. The van der Waals surface area contributed by atoms with Crippen LogP contribution in [0.2, 0.25) is 0 Å². The van der Waals surface area contributed by atoms with Crippen molar-refractivity contribution in [3.05, 3.63) is 36.2 Å². The third kappa shape index (κ3) is 2.71. The van der Waals surface area contributed by atoms with E-state index in [1.807, 2.05) is 42.3 Å². The molecule has 6 heteroatoms. The van der Waals surface area contributed by atoms with Crippen LogP contribution in [0.1, 0.15) is 25.2 Å². The first-order valence-corrected chi connectivity index (χ1v) is 8.52. The summed E-state index contributed by atoms with van der Waals surface area (Å²) in [6.45, 7) is 3.19. The van der Waals surface area contributed by atoms with E-state index in [0.717, 1.165) is 44.5 Å². The van der Waals surface area contributed by atoms with Crippen molar-refractivity contribution in [3.63, 3.8) is 0 Å². The Bertz CT molecular complexity index is 730. The zero-order valence-electron chi connectivity index (χ0n) is 13.9. The van der Waals surface area contributed by atoms with Gasteiger partial charge in [0.05, 0.1) is 12.0 Å². The van der Waals surface area contributed by atoms with Crippen molar-refractivity contribution < 1.29 is 9.21 Å². The van der Waals surface area contributed by atoms with Crippen LogP contribution in [0.15, 0.2) is 34.7 Å². The number of piperidine rings is 1. The van der Waals surface area contributed by atoms with Gasteiger partial charge < -0.3 is 9.32 Å². The normalized spacial score (nSPS) is 24.9. The van der Waals surface area contributed by atoms with Gasteiger partial charge in [-0.25, -0.2) is 0 Å². The van der Waals surface area contributed by atoms with Crippen molar-refractivity contribution in [2.24, 2.45) is 5.41 Å². The first kappa shape index (κ1) is 15.3. The molecule has 0 unspecified atom stereocenters. The molecule has 24 heavy (non-hydrogen) atoms. The molecule has 1 atom stereocenters. The van der Waals surface area contributed by atoms with E-state index in [-0.39, 0.29) is 5.41 Å². The largest absolute Gasteiger partial charge is 0.419 e. The highest BCUT2D eigenvalue weighted by molar-refractivity contribution is 5.83. The van der Waals surface area contributed by atoms with Crippen LogP contribution in [0.25, 0.3) is 11.5 Å². The summed E-state index contributed by atoms with van der Waals surface area (Å²) < 4.78 is 5.80. The highest BCUT2D eigenvalue weighted by atomic mass is 16.4. The molecule has 1 aromatic heterocycles. The number of rotatable bonds is 3. The number of benzene rings is 1. The van der Waals surface area contributed by atoms with Crippen LogP contribution in [0, 0.1) is 5.41 Å². The Morgan fingerprint density at radius 3 is 2.83 bits per heavy atom. The minimum absolute atomic E-state index is 0.199. The van der Waals surface area contributed by atoms with Gasteiger partial charge in [0.1, 0.15) is 0 Å². The monoisotopic (exact) mass is 326 g/mol. The molecule has 2 fully saturated rings. The number of hydrogen-bond acceptors (Lipinski definition) is 5. The van der Waals surface area contributed by atoms with Crippen molar-refractivity contribution in [2.75, 3.05) is 26.7 Å². The first-order valence-electron chi connectivity index (χ1n) is 8.52. The molecule has 1 amide bonds. The van der Waals surface area contributed by atoms with Gasteiger partial charge in [-0.05, 0) is 37.9 Å². The molecule has 6 nitrogen and oxygen atoms in total. The van der Waals surface area contributed by atoms with E-state index in [1.54, 1.807) is 0 Å². The lowest BCUT2D eigenvalue weighted by Crippen LogP contribution is -2.48. The van der Waals surface area contributed by atoms with E-state index >= 15 is 0 Å². The van der Waals surface area contributed by atoms with Crippen LogP contribution in [-0.4, -0.2) is 52.6 Å². The number of carbonyl (C=O) groups excluding carboxylic acids is 1. The number of carbonyl (C=O) groups is 1. The molecule has 1 aromatic carbocycles. The van der Waals surface area contributed by atoms with Gasteiger partial charge in [0.15, 0.2) is 0 Å². The topological polar surface area (TPSA) is 62.5 Å². The molecule has 1 spiro atoms. The summed E-state index contributed by atoms with van der Waals surface area (Å²) in [4.78, 5) is 16.7. The lowest BCUT2D eigenvalue weighted by molar-refractivity contribution is -0.144. The van der Waals surface area contributed by atoms with Crippen LogP contribution >= 0.6 is 0 Å². The third-order valence-corrected chi connectivity index (χ3v) is 5.23. The lowest BCUT2D eigenvalue weighted by Gasteiger charge is -2.37. The SMILES string of the molecule is CN1CCC[C@]2(CCN(Cc3nnc(-c4ccccc4)o3)C2)C1=O. The van der Waals surface area contributed by atoms with Crippen LogP contribution in [0.3, 0.4) is 0 Å². The van der Waals surface area contributed by atoms with E-state index in [0.29, 0.717) is 24.2 Å². The summed E-state index contributed by atoms with van der Waals surface area (Å²) >= 11 is 0. The molecule has 0 N–H and O–H groups in total. The van der Waals surface area contributed by atoms with E-state index in [2.05, 4.69) is 15.1 Å². The van der Waals surface area contributed by atoms with E-state index in [1.165, 1.54) is 0 Å². The van der Waals surface area contributed by atoms with Crippen LogP contribution in [-0.2, 0) is 11.3 Å². The summed E-state index contributed by atoms with van der Waals surface area (Å²) in [6.07, 6.45) is 3.01. The van der Waals surface area contributed by atoms with Crippen LogP contribution in [0.4, 0.5) is 0 Å². The molecule has 2 saturated heterocycles. The molecule has 2 aliphatic heterocycles. The van der Waals surface area contributed by atoms with Crippen molar-refractivity contribution in [3.8, 4) is 11.5 Å². The summed E-state index contributed by atoms with van der Waals surface area (Å²) in [5.74, 6) is 1.46. The predicted molar refractivity (Wildman–Crippen MR) is 88.9 cm³/mol. The van der Waals surface area contributed by atoms with Crippen molar-refractivity contribution in [1.29, 1.82) is 0 Å². The smallest absolute Gasteiger partial charge is 0.247 e. The molecule has 2 aromatic rings. The minimum Gasteiger partial charge on any atom is -0.419 e. The maximum absolute atomic E-state index is 12.6. The van der Waals surface area contributed by atoms with Gasteiger partial charge in [-0.3, -0.25) is 9.69 Å². The first-order chi connectivity index (χ1) is 11.7. The molecule has 0 aliphatic carbocycles. The average Bonchev–Trinajstić information content (AvgIpc) is 3.22. The average molecular weight is 326 g/mol. The van der Waals surface area contributed by atoms with Gasteiger partial charge in [0.25, 0.3) is 0 Å². The predicted octanol–water partition coefficient (Wildman–Crippen LogP) is 2.18. The van der Waals surface area contributed by atoms with Crippen molar-refractivity contribution in [2.45, 2.75) is 25.8 Å². The van der Waals surface area contributed by atoms with Gasteiger partial charge in [0, 0.05) is 25.7 Å². The second kappa shape index (κ2) is 6.02. The van der Waals surface area contributed by atoms with Gasteiger partial charge in [-0.15, -0.1) is 10.2 Å². The highest BCUT2D eigenvalue weighted by Gasteiger charge is 2.47. The summed E-state index contributed by atoms with van der Waals surface area (Å²) in [5.41, 5.74) is 0.730. The summed E-state index contributed by atoms with van der Waals surface area (Å²) in [5, 5.41) is 8.31. The number of nitrogens with zero attached hydrogens (tertiary/aromatic N) is 4. The third-order valence-electron chi connectivity index (χ3n) is 5.23. The van der Waals surface area contributed by atoms with Gasteiger partial charge >= 0.3 is 0 Å². The van der Waals surface area contributed by atoms with Gasteiger partial charge in [-0.2, -0.15) is 0 Å². The van der Waals surface area contributed by atoms with E-state index in [9.17, 15) is 4.79 Å². The van der Waals surface area contributed by atoms with E-state index in [4.69, 9.17) is 4.42 Å². The Morgan fingerprint density at radius 2 is 2.00 bits per heavy atom. The fourth-order valence-corrected chi connectivity index (χ4v) is 3.95.